The van der Waals surface area contributed by atoms with Gasteiger partial charge in [0.2, 0.25) is 5.91 Å². The van der Waals surface area contributed by atoms with Crippen LogP contribution in [0, 0.1) is 0 Å². The van der Waals surface area contributed by atoms with Gasteiger partial charge in [-0.05, 0) is 41.1 Å². The number of halogens is 2. The number of nitrogens with one attached hydrogen (secondary N) is 2. The smallest absolute Gasteiger partial charge is 0.252 e. The zero-order valence-electron chi connectivity index (χ0n) is 9.22. The summed E-state index contributed by atoms with van der Waals surface area (Å²) in [5.41, 5.74) is 0.498. The molecular formula is C11H12Br2N2O2. The van der Waals surface area contributed by atoms with Crippen molar-refractivity contribution in [3.05, 3.63) is 32.7 Å². The van der Waals surface area contributed by atoms with Crippen molar-refractivity contribution in [1.82, 2.24) is 10.6 Å². The molecule has 0 spiro atoms. The average Bonchev–Trinajstić information content (AvgIpc) is 2.26. The van der Waals surface area contributed by atoms with Crippen LogP contribution in [0.1, 0.15) is 17.3 Å². The van der Waals surface area contributed by atoms with Crippen LogP contribution in [0.2, 0.25) is 0 Å². The first-order valence-electron chi connectivity index (χ1n) is 5.04. The van der Waals surface area contributed by atoms with Crippen molar-refractivity contribution in [3.8, 4) is 0 Å². The van der Waals surface area contributed by atoms with Crippen molar-refractivity contribution in [1.29, 1.82) is 0 Å². The first-order chi connectivity index (χ1) is 8.04. The van der Waals surface area contributed by atoms with Crippen LogP contribution in [0.25, 0.3) is 0 Å². The first kappa shape index (κ1) is 14.2. The molecule has 0 atom stereocenters. The molecule has 0 aromatic heterocycles. The number of likely N-dealkylation sites (N-methyl/N-ethyl adjacent to an activating group) is 1. The molecule has 0 heterocycles. The van der Waals surface area contributed by atoms with E-state index in [-0.39, 0.29) is 18.4 Å². The Balaban J connectivity index is 2.61. The summed E-state index contributed by atoms with van der Waals surface area (Å²) >= 11 is 6.60. The Hall–Kier alpha value is -0.880. The largest absolute Gasteiger partial charge is 0.355 e. The second-order valence-electron chi connectivity index (χ2n) is 3.26. The molecule has 6 heteroatoms. The summed E-state index contributed by atoms with van der Waals surface area (Å²) in [6.07, 6.45) is 0. The summed E-state index contributed by atoms with van der Waals surface area (Å²) in [5, 5.41) is 5.15. The summed E-state index contributed by atoms with van der Waals surface area (Å²) in [6.45, 7) is 2.36. The molecule has 0 saturated heterocycles. The number of hydrogen-bond donors (Lipinski definition) is 2. The number of amides is 2. The predicted octanol–water partition coefficient (Wildman–Crippen LogP) is 2.08. The van der Waals surface area contributed by atoms with Crippen molar-refractivity contribution in [2.75, 3.05) is 13.1 Å². The van der Waals surface area contributed by atoms with Crippen LogP contribution < -0.4 is 10.6 Å². The van der Waals surface area contributed by atoms with E-state index in [1.165, 1.54) is 0 Å². The average molecular weight is 364 g/mol. The van der Waals surface area contributed by atoms with E-state index < -0.39 is 0 Å². The monoisotopic (exact) mass is 362 g/mol. The van der Waals surface area contributed by atoms with Crippen LogP contribution in [0.15, 0.2) is 27.1 Å². The zero-order valence-corrected chi connectivity index (χ0v) is 12.4. The van der Waals surface area contributed by atoms with Crippen LogP contribution in [-0.2, 0) is 4.79 Å². The number of carbonyl (C=O) groups excluding carboxylic acids is 2. The zero-order chi connectivity index (χ0) is 12.8. The minimum Gasteiger partial charge on any atom is -0.355 e. The Labute approximate surface area is 116 Å². The van der Waals surface area contributed by atoms with Crippen molar-refractivity contribution in [3.63, 3.8) is 0 Å². The van der Waals surface area contributed by atoms with E-state index in [9.17, 15) is 9.59 Å². The lowest BCUT2D eigenvalue weighted by molar-refractivity contribution is -0.120. The van der Waals surface area contributed by atoms with Gasteiger partial charge in [-0.3, -0.25) is 9.59 Å². The number of benzene rings is 1. The van der Waals surface area contributed by atoms with Gasteiger partial charge in [0.1, 0.15) is 0 Å². The van der Waals surface area contributed by atoms with Gasteiger partial charge >= 0.3 is 0 Å². The predicted molar refractivity (Wildman–Crippen MR) is 72.9 cm³/mol. The Morgan fingerprint density at radius 2 is 1.94 bits per heavy atom. The van der Waals surface area contributed by atoms with Crippen LogP contribution in [0.5, 0.6) is 0 Å². The van der Waals surface area contributed by atoms with Gasteiger partial charge in [-0.25, -0.2) is 0 Å². The van der Waals surface area contributed by atoms with Gasteiger partial charge in [-0.2, -0.15) is 0 Å². The van der Waals surface area contributed by atoms with Gasteiger partial charge in [0.25, 0.3) is 5.91 Å². The molecule has 0 aliphatic carbocycles. The van der Waals surface area contributed by atoms with Crippen molar-refractivity contribution in [2.24, 2.45) is 0 Å². The fourth-order valence-electron chi connectivity index (χ4n) is 1.19. The molecule has 0 bridgehead atoms. The second kappa shape index (κ2) is 6.76. The standard InChI is InChI=1S/C11H12Br2N2O2/c1-2-14-10(16)6-15-11(17)8-4-3-7(12)5-9(8)13/h3-5H,2,6H2,1H3,(H,14,16)(H,15,17). The van der Waals surface area contributed by atoms with E-state index in [1.807, 2.05) is 6.92 Å². The molecular weight excluding hydrogens is 352 g/mol. The highest BCUT2D eigenvalue weighted by Gasteiger charge is 2.11. The Bertz CT molecular complexity index is 435. The maximum absolute atomic E-state index is 11.7. The third kappa shape index (κ3) is 4.47. The molecule has 0 aliphatic rings. The molecule has 92 valence electrons. The van der Waals surface area contributed by atoms with Gasteiger partial charge < -0.3 is 10.6 Å². The topological polar surface area (TPSA) is 58.2 Å². The lowest BCUT2D eigenvalue weighted by Gasteiger charge is -2.07. The summed E-state index contributed by atoms with van der Waals surface area (Å²) < 4.78 is 1.56. The van der Waals surface area contributed by atoms with Gasteiger partial charge in [0.15, 0.2) is 0 Å². The summed E-state index contributed by atoms with van der Waals surface area (Å²) in [7, 11) is 0. The molecule has 1 aromatic rings. The molecule has 17 heavy (non-hydrogen) atoms. The Morgan fingerprint density at radius 1 is 1.24 bits per heavy atom. The lowest BCUT2D eigenvalue weighted by Crippen LogP contribution is -2.36. The van der Waals surface area contributed by atoms with Crippen LogP contribution in [0.4, 0.5) is 0 Å². The van der Waals surface area contributed by atoms with E-state index in [0.717, 1.165) is 4.47 Å². The normalized spacial score (nSPS) is 9.82. The van der Waals surface area contributed by atoms with Crippen LogP contribution in [0.3, 0.4) is 0 Å². The van der Waals surface area contributed by atoms with E-state index in [4.69, 9.17) is 0 Å². The SMILES string of the molecule is CCNC(=O)CNC(=O)c1ccc(Br)cc1Br. The fraction of sp³-hybridized carbons (Fsp3) is 0.273. The minimum atomic E-state index is -0.282. The number of hydrogen-bond acceptors (Lipinski definition) is 2. The molecule has 0 saturated carbocycles. The third-order valence-electron chi connectivity index (χ3n) is 1.96. The Morgan fingerprint density at radius 3 is 2.53 bits per heavy atom. The van der Waals surface area contributed by atoms with Gasteiger partial charge in [-0.1, -0.05) is 15.9 Å². The highest BCUT2D eigenvalue weighted by atomic mass is 79.9. The van der Waals surface area contributed by atoms with E-state index in [0.29, 0.717) is 16.6 Å². The molecule has 0 radical (unpaired) electrons. The maximum atomic E-state index is 11.7. The summed E-state index contributed by atoms with van der Waals surface area (Å²) in [5.74, 6) is -0.482. The number of rotatable bonds is 4. The van der Waals surface area contributed by atoms with E-state index >= 15 is 0 Å². The lowest BCUT2D eigenvalue weighted by atomic mass is 10.2. The second-order valence-corrected chi connectivity index (χ2v) is 5.03. The summed E-state index contributed by atoms with van der Waals surface area (Å²) in [4.78, 5) is 22.9. The molecule has 1 aromatic carbocycles. The molecule has 0 fully saturated rings. The van der Waals surface area contributed by atoms with Crippen LogP contribution >= 0.6 is 31.9 Å². The van der Waals surface area contributed by atoms with Crippen molar-refractivity contribution in [2.45, 2.75) is 6.92 Å². The Kier molecular flexibility index (Phi) is 5.64. The highest BCUT2D eigenvalue weighted by Crippen LogP contribution is 2.21. The van der Waals surface area contributed by atoms with Gasteiger partial charge in [0, 0.05) is 15.5 Å². The van der Waals surface area contributed by atoms with Gasteiger partial charge in [-0.15, -0.1) is 0 Å². The van der Waals surface area contributed by atoms with Crippen molar-refractivity contribution >= 4 is 43.7 Å². The van der Waals surface area contributed by atoms with Gasteiger partial charge in [0.05, 0.1) is 12.1 Å². The third-order valence-corrected chi connectivity index (χ3v) is 3.11. The quantitative estimate of drug-likeness (QED) is 0.860. The molecule has 0 unspecified atom stereocenters. The first-order valence-corrected chi connectivity index (χ1v) is 6.63. The van der Waals surface area contributed by atoms with Crippen LogP contribution in [-0.4, -0.2) is 24.9 Å². The molecule has 2 N–H and O–H groups in total. The summed E-state index contributed by atoms with van der Waals surface area (Å²) in [6, 6.07) is 5.23. The van der Waals surface area contributed by atoms with E-state index in [2.05, 4.69) is 42.5 Å². The number of carbonyl (C=O) groups is 2. The molecule has 2 amide bonds. The molecule has 4 nitrogen and oxygen atoms in total. The highest BCUT2D eigenvalue weighted by molar-refractivity contribution is 9.11. The molecule has 0 aliphatic heterocycles. The molecule has 1 rings (SSSR count). The fourth-order valence-corrected chi connectivity index (χ4v) is 2.42. The maximum Gasteiger partial charge on any atom is 0.252 e. The van der Waals surface area contributed by atoms with E-state index in [1.54, 1.807) is 18.2 Å². The van der Waals surface area contributed by atoms with Crippen molar-refractivity contribution < 1.29 is 9.59 Å². The minimum absolute atomic E-state index is 0.0187.